The van der Waals surface area contributed by atoms with Crippen molar-refractivity contribution in [2.45, 2.75) is 53.0 Å². The van der Waals surface area contributed by atoms with Crippen LogP contribution in [0.2, 0.25) is 0 Å². The first-order chi connectivity index (χ1) is 10.9. The van der Waals surface area contributed by atoms with Gasteiger partial charge in [-0.15, -0.1) is 0 Å². The number of nitrogens with zero attached hydrogens (tertiary/aromatic N) is 2. The minimum atomic E-state index is -0.397. The van der Waals surface area contributed by atoms with Gasteiger partial charge in [0.05, 0.1) is 6.04 Å². The maximum absolute atomic E-state index is 11.5. The summed E-state index contributed by atoms with van der Waals surface area (Å²) in [6, 6.07) is -0.397. The molecule has 6 heteroatoms. The average molecular weight is 337 g/mol. The molecule has 0 aliphatic rings. The quantitative estimate of drug-likeness (QED) is 0.211. The Hall–Kier alpha value is -1.74. The van der Waals surface area contributed by atoms with Gasteiger partial charge in [0.1, 0.15) is 5.84 Å². The second kappa shape index (κ2) is 12.8. The largest absolute Gasteiger partial charge is 0.385 e. The van der Waals surface area contributed by atoms with E-state index in [0.717, 1.165) is 18.6 Å². The topological polar surface area (TPSA) is 91.3 Å². The number of hydrogen-bond acceptors (Lipinski definition) is 4. The summed E-state index contributed by atoms with van der Waals surface area (Å²) >= 11 is 1.66. The molecule has 0 spiro atoms. The molecule has 0 aromatic carbocycles. The standard InChI is InChI=1S/C17H28N4OS/c1-5-16(22)21-15(17(19)20-12-18)11-23-10-9-14(4)8-6-7-13(2)3/h7,9,15H,5-6,8,10-11H2,1-4H3,(H2,19,20)(H,21,22)/b14-9+. The fourth-order valence-corrected chi connectivity index (χ4v) is 2.74. The maximum atomic E-state index is 11.5. The molecule has 1 amide bonds. The van der Waals surface area contributed by atoms with Crippen molar-refractivity contribution in [2.24, 2.45) is 10.7 Å². The van der Waals surface area contributed by atoms with Gasteiger partial charge in [-0.2, -0.15) is 22.0 Å². The molecule has 0 aliphatic carbocycles. The van der Waals surface area contributed by atoms with Crippen LogP contribution in [0.25, 0.3) is 0 Å². The molecule has 0 radical (unpaired) electrons. The van der Waals surface area contributed by atoms with Gasteiger partial charge in [-0.05, 0) is 33.6 Å². The lowest BCUT2D eigenvalue weighted by Gasteiger charge is -2.16. The van der Waals surface area contributed by atoms with Crippen molar-refractivity contribution in [3.05, 3.63) is 23.3 Å². The van der Waals surface area contributed by atoms with Gasteiger partial charge in [0.15, 0.2) is 0 Å². The molecule has 0 bridgehead atoms. The molecule has 23 heavy (non-hydrogen) atoms. The summed E-state index contributed by atoms with van der Waals surface area (Å²) < 4.78 is 0. The second-order valence-corrected chi connectivity index (χ2v) is 6.59. The predicted octanol–water partition coefficient (Wildman–Crippen LogP) is 3.15. The van der Waals surface area contributed by atoms with Crippen LogP contribution in [0.3, 0.4) is 0 Å². The van der Waals surface area contributed by atoms with Crippen LogP contribution < -0.4 is 11.1 Å². The molecule has 0 heterocycles. The lowest BCUT2D eigenvalue weighted by Crippen LogP contribution is -2.46. The molecule has 0 saturated carbocycles. The highest BCUT2D eigenvalue weighted by atomic mass is 32.2. The molecule has 3 N–H and O–H groups in total. The number of amides is 1. The third-order valence-corrected chi connectivity index (χ3v) is 4.09. The Balaban J connectivity index is 4.36. The van der Waals surface area contributed by atoms with E-state index < -0.39 is 6.04 Å². The molecule has 128 valence electrons. The van der Waals surface area contributed by atoms with Crippen LogP contribution in [-0.2, 0) is 4.79 Å². The minimum absolute atomic E-state index is 0.0971. The molecule has 0 aromatic heterocycles. The molecule has 1 atom stereocenters. The van der Waals surface area contributed by atoms with Crippen LogP contribution >= 0.6 is 11.8 Å². The number of carbonyl (C=O) groups is 1. The van der Waals surface area contributed by atoms with Gasteiger partial charge in [-0.25, -0.2) is 0 Å². The Kier molecular flexibility index (Phi) is 11.8. The summed E-state index contributed by atoms with van der Waals surface area (Å²) in [7, 11) is 0. The smallest absolute Gasteiger partial charge is 0.220 e. The number of rotatable bonds is 10. The average Bonchev–Trinajstić information content (AvgIpc) is 2.49. The fourth-order valence-electron chi connectivity index (χ4n) is 1.71. The second-order valence-electron chi connectivity index (χ2n) is 5.52. The van der Waals surface area contributed by atoms with Gasteiger partial charge >= 0.3 is 0 Å². The highest BCUT2D eigenvalue weighted by molar-refractivity contribution is 7.99. The van der Waals surface area contributed by atoms with Gasteiger partial charge in [0.2, 0.25) is 12.1 Å². The molecule has 5 nitrogen and oxygen atoms in total. The van der Waals surface area contributed by atoms with E-state index in [1.54, 1.807) is 24.9 Å². The molecular formula is C17H28N4OS. The van der Waals surface area contributed by atoms with Crippen molar-refractivity contribution in [3.63, 3.8) is 0 Å². The zero-order valence-electron chi connectivity index (χ0n) is 14.6. The highest BCUT2D eigenvalue weighted by Crippen LogP contribution is 2.10. The molecule has 0 aliphatic heterocycles. The zero-order valence-corrected chi connectivity index (χ0v) is 15.4. The van der Waals surface area contributed by atoms with E-state index >= 15 is 0 Å². The zero-order chi connectivity index (χ0) is 17.7. The van der Waals surface area contributed by atoms with Crippen LogP contribution in [0.4, 0.5) is 0 Å². The summed E-state index contributed by atoms with van der Waals surface area (Å²) in [5.41, 5.74) is 8.44. The van der Waals surface area contributed by atoms with Crippen LogP contribution in [0.1, 0.15) is 47.0 Å². The highest BCUT2D eigenvalue weighted by Gasteiger charge is 2.15. The Bertz CT molecular complexity index is 499. The lowest BCUT2D eigenvalue weighted by molar-refractivity contribution is -0.120. The van der Waals surface area contributed by atoms with E-state index in [0.29, 0.717) is 12.2 Å². The molecule has 0 rings (SSSR count). The number of allylic oxidation sites excluding steroid dienone is 3. The summed E-state index contributed by atoms with van der Waals surface area (Å²) in [4.78, 5) is 15.0. The first kappa shape index (κ1) is 21.3. The van der Waals surface area contributed by atoms with Crippen LogP contribution in [0.15, 0.2) is 28.3 Å². The van der Waals surface area contributed by atoms with Crippen molar-refractivity contribution < 1.29 is 4.79 Å². The van der Waals surface area contributed by atoms with Crippen molar-refractivity contribution in [1.82, 2.24) is 5.32 Å². The Labute approximate surface area is 144 Å². The van der Waals surface area contributed by atoms with Gasteiger partial charge in [0, 0.05) is 17.9 Å². The number of nitriles is 1. The number of aliphatic imine (C=N–C) groups is 1. The Morgan fingerprint density at radius 1 is 1.39 bits per heavy atom. The SMILES string of the molecule is CCC(=O)NC(CSC/C=C(\C)CCC=C(C)C)/C(N)=N/C#N. The third-order valence-electron chi connectivity index (χ3n) is 3.12. The van der Waals surface area contributed by atoms with E-state index in [2.05, 4.69) is 43.2 Å². The minimum Gasteiger partial charge on any atom is -0.385 e. The number of amidine groups is 1. The van der Waals surface area contributed by atoms with Gasteiger partial charge in [0.25, 0.3) is 0 Å². The summed E-state index contributed by atoms with van der Waals surface area (Å²) in [6.07, 6.45) is 8.59. The van der Waals surface area contributed by atoms with Crippen LogP contribution in [0, 0.1) is 11.5 Å². The monoisotopic (exact) mass is 336 g/mol. The lowest BCUT2D eigenvalue weighted by atomic mass is 10.1. The van der Waals surface area contributed by atoms with Crippen molar-refractivity contribution in [1.29, 1.82) is 5.26 Å². The van der Waals surface area contributed by atoms with Gasteiger partial charge < -0.3 is 11.1 Å². The predicted molar refractivity (Wildman–Crippen MR) is 99.2 cm³/mol. The number of nitrogens with two attached hydrogens (primary N) is 1. The molecule has 0 saturated heterocycles. The van der Waals surface area contributed by atoms with E-state index in [4.69, 9.17) is 11.0 Å². The van der Waals surface area contributed by atoms with E-state index in [-0.39, 0.29) is 11.7 Å². The van der Waals surface area contributed by atoms with Crippen LogP contribution in [-0.4, -0.2) is 29.3 Å². The van der Waals surface area contributed by atoms with Crippen molar-refractivity contribution in [2.75, 3.05) is 11.5 Å². The Morgan fingerprint density at radius 2 is 2.09 bits per heavy atom. The number of hydrogen-bond donors (Lipinski definition) is 2. The molecule has 0 fully saturated rings. The number of nitrogens with one attached hydrogen (secondary N) is 1. The molecular weight excluding hydrogens is 308 g/mol. The first-order valence-electron chi connectivity index (χ1n) is 7.78. The van der Waals surface area contributed by atoms with E-state index in [1.165, 1.54) is 11.1 Å². The summed E-state index contributed by atoms with van der Waals surface area (Å²) in [5.74, 6) is 1.51. The maximum Gasteiger partial charge on any atom is 0.220 e. The Morgan fingerprint density at radius 3 is 2.65 bits per heavy atom. The molecule has 0 aromatic rings. The van der Waals surface area contributed by atoms with Crippen LogP contribution in [0.5, 0.6) is 0 Å². The summed E-state index contributed by atoms with van der Waals surface area (Å²) in [6.45, 7) is 8.11. The number of carbonyl (C=O) groups excluding carboxylic acids is 1. The van der Waals surface area contributed by atoms with Crippen molar-refractivity contribution in [3.8, 4) is 6.19 Å². The summed E-state index contributed by atoms with van der Waals surface area (Å²) in [5, 5.41) is 11.4. The first-order valence-corrected chi connectivity index (χ1v) is 8.94. The third kappa shape index (κ3) is 11.5. The normalized spacial score (nSPS) is 13.2. The molecule has 1 unspecified atom stereocenters. The van der Waals surface area contributed by atoms with E-state index in [9.17, 15) is 4.79 Å². The van der Waals surface area contributed by atoms with Gasteiger partial charge in [-0.3, -0.25) is 4.79 Å². The van der Waals surface area contributed by atoms with Crippen molar-refractivity contribution >= 4 is 23.5 Å². The van der Waals surface area contributed by atoms with Gasteiger partial charge in [-0.1, -0.05) is 30.2 Å². The number of thioether (sulfide) groups is 1. The van der Waals surface area contributed by atoms with E-state index in [1.807, 2.05) is 0 Å². The fraction of sp³-hybridized carbons (Fsp3) is 0.588.